The highest BCUT2D eigenvalue weighted by Gasteiger charge is 2.10. The molecule has 0 aliphatic rings. The molecular formula is C17H21N3O2. The number of benzene rings is 1. The second-order valence-corrected chi connectivity index (χ2v) is 5.19. The van der Waals surface area contributed by atoms with Crippen LogP contribution in [0.5, 0.6) is 5.75 Å². The molecule has 116 valence electrons. The number of nitrogen functional groups attached to an aromatic ring is 1. The minimum atomic E-state index is 0.00524. The van der Waals surface area contributed by atoms with E-state index in [0.29, 0.717) is 24.5 Å². The van der Waals surface area contributed by atoms with Crippen molar-refractivity contribution in [3.63, 3.8) is 0 Å². The van der Waals surface area contributed by atoms with Gasteiger partial charge in [0.25, 0.3) is 0 Å². The molecule has 0 spiro atoms. The van der Waals surface area contributed by atoms with Crippen molar-refractivity contribution in [3.05, 3.63) is 53.9 Å². The molecule has 1 amide bonds. The van der Waals surface area contributed by atoms with Gasteiger partial charge in [-0.25, -0.2) is 0 Å². The van der Waals surface area contributed by atoms with E-state index in [1.165, 1.54) is 0 Å². The predicted molar refractivity (Wildman–Crippen MR) is 86.7 cm³/mol. The van der Waals surface area contributed by atoms with Crippen LogP contribution in [0.1, 0.15) is 11.3 Å². The third kappa shape index (κ3) is 4.48. The molecule has 5 nitrogen and oxygen atoms in total. The van der Waals surface area contributed by atoms with Gasteiger partial charge in [-0.3, -0.25) is 9.78 Å². The number of hydrogen-bond donors (Lipinski definition) is 1. The van der Waals surface area contributed by atoms with Crippen LogP contribution in [-0.2, 0) is 11.2 Å². The molecule has 0 saturated carbocycles. The van der Waals surface area contributed by atoms with Crippen LogP contribution in [0.15, 0.2) is 42.6 Å². The van der Waals surface area contributed by atoms with E-state index >= 15 is 0 Å². The number of anilines is 1. The Kier molecular flexibility index (Phi) is 5.36. The van der Waals surface area contributed by atoms with Crippen LogP contribution >= 0.6 is 0 Å². The van der Waals surface area contributed by atoms with Gasteiger partial charge in [-0.15, -0.1) is 0 Å². The number of aryl methyl sites for hydroxylation is 1. The minimum absolute atomic E-state index is 0.00524. The van der Waals surface area contributed by atoms with Crippen molar-refractivity contribution >= 4 is 11.6 Å². The molecule has 0 radical (unpaired) electrons. The van der Waals surface area contributed by atoms with Gasteiger partial charge in [-0.2, -0.15) is 0 Å². The molecule has 1 aromatic carbocycles. The van der Waals surface area contributed by atoms with E-state index in [-0.39, 0.29) is 12.3 Å². The third-order valence-electron chi connectivity index (χ3n) is 3.38. The van der Waals surface area contributed by atoms with Crippen molar-refractivity contribution in [1.29, 1.82) is 0 Å². The van der Waals surface area contributed by atoms with Crippen molar-refractivity contribution in [2.24, 2.45) is 0 Å². The van der Waals surface area contributed by atoms with Gasteiger partial charge < -0.3 is 15.4 Å². The molecule has 2 aromatic rings. The molecule has 0 aliphatic carbocycles. The van der Waals surface area contributed by atoms with Crippen LogP contribution in [0.25, 0.3) is 0 Å². The molecule has 0 unspecified atom stereocenters. The number of carbonyl (C=O) groups excluding carboxylic acids is 1. The van der Waals surface area contributed by atoms with Gasteiger partial charge in [-0.1, -0.05) is 18.2 Å². The molecule has 0 saturated heterocycles. The highest BCUT2D eigenvalue weighted by atomic mass is 16.5. The largest absolute Gasteiger partial charge is 0.491 e. The molecule has 0 aliphatic heterocycles. The van der Waals surface area contributed by atoms with Crippen molar-refractivity contribution in [3.8, 4) is 5.75 Å². The van der Waals surface area contributed by atoms with E-state index < -0.39 is 0 Å². The lowest BCUT2D eigenvalue weighted by Gasteiger charge is -2.18. The van der Waals surface area contributed by atoms with E-state index in [4.69, 9.17) is 10.5 Å². The van der Waals surface area contributed by atoms with Gasteiger partial charge in [0.2, 0.25) is 5.91 Å². The number of nitrogens with zero attached hydrogens (tertiary/aromatic N) is 2. The Bertz CT molecular complexity index is 626. The molecule has 2 N–H and O–H groups in total. The summed E-state index contributed by atoms with van der Waals surface area (Å²) in [4.78, 5) is 17.9. The Labute approximate surface area is 130 Å². The topological polar surface area (TPSA) is 68.5 Å². The summed E-state index contributed by atoms with van der Waals surface area (Å²) in [7, 11) is 1.76. The molecule has 22 heavy (non-hydrogen) atoms. The van der Waals surface area contributed by atoms with Gasteiger partial charge >= 0.3 is 0 Å². The van der Waals surface area contributed by atoms with Crippen LogP contribution < -0.4 is 10.5 Å². The number of para-hydroxylation sites is 1. The predicted octanol–water partition coefficient (Wildman–Crippen LogP) is 2.05. The average molecular weight is 299 g/mol. The summed E-state index contributed by atoms with van der Waals surface area (Å²) >= 11 is 0. The van der Waals surface area contributed by atoms with Crippen LogP contribution in [0.3, 0.4) is 0 Å². The van der Waals surface area contributed by atoms with Crippen molar-refractivity contribution < 1.29 is 9.53 Å². The maximum Gasteiger partial charge on any atom is 0.228 e. The van der Waals surface area contributed by atoms with Crippen molar-refractivity contribution in [2.45, 2.75) is 13.3 Å². The number of nitrogens with two attached hydrogens (primary N) is 1. The second-order valence-electron chi connectivity index (χ2n) is 5.19. The van der Waals surface area contributed by atoms with Crippen LogP contribution in [-0.4, -0.2) is 36.0 Å². The Hall–Kier alpha value is -2.56. The normalized spacial score (nSPS) is 10.3. The number of pyridine rings is 1. The molecule has 5 heteroatoms. The number of carbonyl (C=O) groups is 1. The monoisotopic (exact) mass is 299 g/mol. The first-order chi connectivity index (χ1) is 10.6. The first kappa shape index (κ1) is 15.8. The minimum Gasteiger partial charge on any atom is -0.491 e. The van der Waals surface area contributed by atoms with Crippen molar-refractivity contribution in [2.75, 3.05) is 25.9 Å². The number of aromatic nitrogens is 1. The van der Waals surface area contributed by atoms with Gasteiger partial charge in [0, 0.05) is 12.7 Å². The van der Waals surface area contributed by atoms with Crippen LogP contribution in [0, 0.1) is 6.92 Å². The summed E-state index contributed by atoms with van der Waals surface area (Å²) in [5.41, 5.74) is 7.97. The lowest BCUT2D eigenvalue weighted by Crippen LogP contribution is -2.32. The summed E-state index contributed by atoms with van der Waals surface area (Å²) in [6.07, 6.45) is 1.82. The Morgan fingerprint density at radius 2 is 2.05 bits per heavy atom. The first-order valence-corrected chi connectivity index (χ1v) is 7.19. The summed E-state index contributed by atoms with van der Waals surface area (Å²) < 4.78 is 5.70. The maximum absolute atomic E-state index is 12.1. The third-order valence-corrected chi connectivity index (χ3v) is 3.38. The van der Waals surface area contributed by atoms with Gasteiger partial charge in [0.05, 0.1) is 24.8 Å². The van der Waals surface area contributed by atoms with Gasteiger partial charge in [0.15, 0.2) is 0 Å². The molecule has 0 atom stereocenters. The number of rotatable bonds is 6. The fraction of sp³-hybridized carbons (Fsp3) is 0.294. The number of likely N-dealkylation sites (N-methyl/N-ethyl adjacent to an activating group) is 1. The lowest BCUT2D eigenvalue weighted by molar-refractivity contribution is -0.129. The molecule has 1 aromatic heterocycles. The van der Waals surface area contributed by atoms with E-state index in [2.05, 4.69) is 4.98 Å². The molecule has 0 bridgehead atoms. The van der Waals surface area contributed by atoms with E-state index in [9.17, 15) is 4.79 Å². The summed E-state index contributed by atoms with van der Waals surface area (Å²) in [6.45, 7) is 2.99. The zero-order valence-electron chi connectivity index (χ0n) is 13.0. The second kappa shape index (κ2) is 7.45. The Balaban J connectivity index is 1.79. The number of hydrogen-bond acceptors (Lipinski definition) is 4. The zero-order valence-corrected chi connectivity index (χ0v) is 13.0. The SMILES string of the molecule is Cc1ccccc1OCCN(C)C(=O)Cc1ccc(N)cn1. The van der Waals surface area contributed by atoms with E-state index in [1.54, 1.807) is 30.3 Å². The fourth-order valence-electron chi connectivity index (χ4n) is 1.97. The van der Waals surface area contributed by atoms with Gasteiger partial charge in [0.1, 0.15) is 12.4 Å². The number of ether oxygens (including phenoxy) is 1. The molecule has 0 fully saturated rings. The zero-order chi connectivity index (χ0) is 15.9. The summed E-state index contributed by atoms with van der Waals surface area (Å²) in [6, 6.07) is 11.3. The first-order valence-electron chi connectivity index (χ1n) is 7.19. The lowest BCUT2D eigenvalue weighted by atomic mass is 10.2. The quantitative estimate of drug-likeness (QED) is 0.886. The molecule has 1 heterocycles. The summed E-state index contributed by atoms with van der Waals surface area (Å²) in [5.74, 6) is 0.856. The fourth-order valence-corrected chi connectivity index (χ4v) is 1.97. The molecule has 2 rings (SSSR count). The highest BCUT2D eigenvalue weighted by molar-refractivity contribution is 5.78. The standard InChI is InChI=1S/C17H21N3O2/c1-13-5-3-4-6-16(13)22-10-9-20(2)17(21)11-15-8-7-14(18)12-19-15/h3-8,12H,9-11,18H2,1-2H3. The van der Waals surface area contributed by atoms with Crippen LogP contribution in [0.2, 0.25) is 0 Å². The van der Waals surface area contributed by atoms with Crippen molar-refractivity contribution in [1.82, 2.24) is 9.88 Å². The van der Waals surface area contributed by atoms with Gasteiger partial charge in [-0.05, 0) is 30.7 Å². The Morgan fingerprint density at radius 1 is 1.27 bits per heavy atom. The smallest absolute Gasteiger partial charge is 0.228 e. The van der Waals surface area contributed by atoms with E-state index in [0.717, 1.165) is 11.3 Å². The highest BCUT2D eigenvalue weighted by Crippen LogP contribution is 2.15. The number of amides is 1. The Morgan fingerprint density at radius 3 is 2.73 bits per heavy atom. The molecular weight excluding hydrogens is 278 g/mol. The summed E-state index contributed by atoms with van der Waals surface area (Å²) in [5, 5.41) is 0. The maximum atomic E-state index is 12.1. The average Bonchev–Trinajstić information content (AvgIpc) is 2.51. The van der Waals surface area contributed by atoms with Crippen LogP contribution in [0.4, 0.5) is 5.69 Å². The van der Waals surface area contributed by atoms with E-state index in [1.807, 2.05) is 31.2 Å².